The molecule has 1 heterocycles. The van der Waals surface area contributed by atoms with Crippen molar-refractivity contribution in [3.05, 3.63) is 28.1 Å². The first-order chi connectivity index (χ1) is 9.99. The van der Waals surface area contributed by atoms with Gasteiger partial charge in [0, 0.05) is 12.6 Å². The number of hydrogen-bond donors (Lipinski definition) is 0. The summed E-state index contributed by atoms with van der Waals surface area (Å²) in [5.74, 6) is -1.27. The highest BCUT2D eigenvalue weighted by atomic mass is 19.1. The Kier molecular flexibility index (Phi) is 4.25. The zero-order valence-electron chi connectivity index (χ0n) is 11.7. The first-order valence-electron chi connectivity index (χ1n) is 6.36. The number of carbonyl (C=O) groups is 1. The Bertz CT molecular complexity index is 578. The number of esters is 1. The van der Waals surface area contributed by atoms with Gasteiger partial charge in [-0.1, -0.05) is 0 Å². The monoisotopic (exact) mass is 298 g/mol. The molecule has 1 aromatic carbocycles. The Morgan fingerprint density at radius 1 is 1.48 bits per heavy atom. The van der Waals surface area contributed by atoms with E-state index in [1.165, 1.54) is 20.3 Å². The number of anilines is 1. The minimum Gasteiger partial charge on any atom is -0.490 e. The van der Waals surface area contributed by atoms with E-state index in [-0.39, 0.29) is 11.4 Å². The van der Waals surface area contributed by atoms with Gasteiger partial charge in [-0.15, -0.1) is 0 Å². The van der Waals surface area contributed by atoms with Crippen LogP contribution in [-0.2, 0) is 9.53 Å². The van der Waals surface area contributed by atoms with Crippen molar-refractivity contribution < 1.29 is 23.6 Å². The first-order valence-corrected chi connectivity index (χ1v) is 6.36. The van der Waals surface area contributed by atoms with E-state index in [0.717, 1.165) is 6.07 Å². The van der Waals surface area contributed by atoms with Crippen molar-refractivity contribution in [2.45, 2.75) is 18.9 Å². The van der Waals surface area contributed by atoms with Crippen LogP contribution in [0.25, 0.3) is 0 Å². The van der Waals surface area contributed by atoms with Crippen molar-refractivity contribution in [1.29, 1.82) is 0 Å². The molecule has 0 radical (unpaired) electrons. The molecule has 8 heteroatoms. The third-order valence-corrected chi connectivity index (χ3v) is 3.48. The maximum atomic E-state index is 14.2. The number of carbonyl (C=O) groups excluding carboxylic acids is 1. The largest absolute Gasteiger partial charge is 0.490 e. The predicted molar refractivity (Wildman–Crippen MR) is 72.0 cm³/mol. The maximum Gasteiger partial charge on any atom is 0.328 e. The first kappa shape index (κ1) is 15.0. The molecule has 7 nitrogen and oxygen atoms in total. The summed E-state index contributed by atoms with van der Waals surface area (Å²) in [6.45, 7) is 0.470. The highest BCUT2D eigenvalue weighted by Gasteiger charge is 2.34. The number of ether oxygens (including phenoxy) is 2. The molecule has 0 aromatic heterocycles. The van der Waals surface area contributed by atoms with Gasteiger partial charge in [0.15, 0.2) is 11.6 Å². The van der Waals surface area contributed by atoms with Gasteiger partial charge >= 0.3 is 11.7 Å². The van der Waals surface area contributed by atoms with E-state index in [2.05, 4.69) is 0 Å². The van der Waals surface area contributed by atoms with Crippen molar-refractivity contribution in [3.8, 4) is 5.75 Å². The van der Waals surface area contributed by atoms with Gasteiger partial charge in [0.25, 0.3) is 0 Å². The fourth-order valence-electron chi connectivity index (χ4n) is 2.49. The lowest BCUT2D eigenvalue weighted by Gasteiger charge is -2.25. The molecule has 1 aliphatic heterocycles. The number of nitrogens with zero attached hydrogens (tertiary/aromatic N) is 2. The Morgan fingerprint density at radius 3 is 2.76 bits per heavy atom. The zero-order chi connectivity index (χ0) is 15.6. The van der Waals surface area contributed by atoms with E-state index in [0.29, 0.717) is 19.4 Å². The molecule has 1 saturated heterocycles. The molecule has 0 bridgehead atoms. The number of nitro groups is 1. The molecule has 0 spiro atoms. The van der Waals surface area contributed by atoms with Gasteiger partial charge in [-0.05, 0) is 12.8 Å². The molecule has 1 atom stereocenters. The summed E-state index contributed by atoms with van der Waals surface area (Å²) in [5.41, 5.74) is -0.349. The van der Waals surface area contributed by atoms with E-state index in [1.54, 1.807) is 4.90 Å². The second-order valence-corrected chi connectivity index (χ2v) is 4.61. The van der Waals surface area contributed by atoms with Gasteiger partial charge in [-0.2, -0.15) is 0 Å². The summed E-state index contributed by atoms with van der Waals surface area (Å²) in [5, 5.41) is 10.9. The van der Waals surface area contributed by atoms with Gasteiger partial charge in [0.2, 0.25) is 0 Å². The Balaban J connectivity index is 2.44. The van der Waals surface area contributed by atoms with E-state index < -0.39 is 28.4 Å². The van der Waals surface area contributed by atoms with Crippen LogP contribution in [0, 0.1) is 15.9 Å². The van der Waals surface area contributed by atoms with Crippen molar-refractivity contribution >= 4 is 17.3 Å². The van der Waals surface area contributed by atoms with Crippen LogP contribution in [-0.4, -0.2) is 37.7 Å². The molecule has 0 saturated carbocycles. The standard InChI is InChI=1S/C13H15FN2O5/c1-20-12-7-10(8(14)6-11(12)16(18)19)15-5-3-4-9(15)13(17)21-2/h6-7,9H,3-5H2,1-2H3. The summed E-state index contributed by atoms with van der Waals surface area (Å²) in [7, 11) is 2.54. The summed E-state index contributed by atoms with van der Waals surface area (Å²) in [4.78, 5) is 23.4. The van der Waals surface area contributed by atoms with Crippen LogP contribution in [0.15, 0.2) is 12.1 Å². The zero-order valence-corrected chi connectivity index (χ0v) is 11.7. The molecule has 21 heavy (non-hydrogen) atoms. The van der Waals surface area contributed by atoms with Gasteiger partial charge in [0.05, 0.1) is 30.9 Å². The van der Waals surface area contributed by atoms with Crippen LogP contribution < -0.4 is 9.64 Å². The second-order valence-electron chi connectivity index (χ2n) is 4.61. The molecular weight excluding hydrogens is 283 g/mol. The van der Waals surface area contributed by atoms with E-state index in [4.69, 9.17) is 9.47 Å². The topological polar surface area (TPSA) is 81.9 Å². The van der Waals surface area contributed by atoms with Crippen LogP contribution >= 0.6 is 0 Å². The van der Waals surface area contributed by atoms with Crippen LogP contribution in [0.4, 0.5) is 15.8 Å². The highest BCUT2D eigenvalue weighted by Crippen LogP contribution is 2.37. The van der Waals surface area contributed by atoms with Crippen molar-refractivity contribution in [1.82, 2.24) is 0 Å². The van der Waals surface area contributed by atoms with Crippen LogP contribution in [0.3, 0.4) is 0 Å². The summed E-state index contributed by atoms with van der Waals surface area (Å²) in [6, 6.07) is 1.46. The lowest BCUT2D eigenvalue weighted by molar-refractivity contribution is -0.385. The average molecular weight is 298 g/mol. The number of hydrogen-bond acceptors (Lipinski definition) is 6. The second kappa shape index (κ2) is 5.94. The third kappa shape index (κ3) is 2.74. The SMILES string of the molecule is COC(=O)C1CCCN1c1cc(OC)c([N+](=O)[O-])cc1F. The van der Waals surface area contributed by atoms with Gasteiger partial charge in [0.1, 0.15) is 6.04 Å². The van der Waals surface area contributed by atoms with Gasteiger partial charge < -0.3 is 14.4 Å². The minimum atomic E-state index is -0.765. The fraction of sp³-hybridized carbons (Fsp3) is 0.462. The van der Waals surface area contributed by atoms with E-state index in [1.807, 2.05) is 0 Å². The quantitative estimate of drug-likeness (QED) is 0.479. The molecule has 1 unspecified atom stereocenters. The average Bonchev–Trinajstić information content (AvgIpc) is 2.95. The molecule has 0 N–H and O–H groups in total. The maximum absolute atomic E-state index is 14.2. The highest BCUT2D eigenvalue weighted by molar-refractivity contribution is 5.81. The van der Waals surface area contributed by atoms with Gasteiger partial charge in [-0.25, -0.2) is 9.18 Å². The summed E-state index contributed by atoms with van der Waals surface area (Å²) < 4.78 is 23.8. The molecule has 114 valence electrons. The summed E-state index contributed by atoms with van der Waals surface area (Å²) >= 11 is 0. The number of nitro benzene ring substituents is 1. The smallest absolute Gasteiger partial charge is 0.328 e. The number of benzene rings is 1. The number of halogens is 1. The van der Waals surface area contributed by atoms with Gasteiger partial charge in [-0.3, -0.25) is 10.1 Å². The molecule has 1 fully saturated rings. The van der Waals surface area contributed by atoms with Crippen LogP contribution in [0.2, 0.25) is 0 Å². The van der Waals surface area contributed by atoms with Crippen molar-refractivity contribution in [2.75, 3.05) is 25.7 Å². The normalized spacial score (nSPS) is 17.7. The summed E-state index contributed by atoms with van der Waals surface area (Å²) in [6.07, 6.45) is 1.25. The Labute approximate surface area is 120 Å². The van der Waals surface area contributed by atoms with Crippen LogP contribution in [0.5, 0.6) is 5.75 Å². The third-order valence-electron chi connectivity index (χ3n) is 3.48. The molecule has 1 aliphatic rings. The lowest BCUT2D eigenvalue weighted by Crippen LogP contribution is -2.37. The molecule has 0 aliphatic carbocycles. The molecule has 0 amide bonds. The molecule has 2 rings (SSSR count). The number of methoxy groups -OCH3 is 2. The van der Waals surface area contributed by atoms with Crippen molar-refractivity contribution in [2.24, 2.45) is 0 Å². The lowest BCUT2D eigenvalue weighted by atomic mass is 10.2. The van der Waals surface area contributed by atoms with Crippen LogP contribution in [0.1, 0.15) is 12.8 Å². The molecule has 1 aromatic rings. The predicted octanol–water partition coefficient (Wildman–Crippen LogP) is 1.88. The Morgan fingerprint density at radius 2 is 2.19 bits per heavy atom. The minimum absolute atomic E-state index is 0.0492. The Hall–Kier alpha value is -2.38. The van der Waals surface area contributed by atoms with E-state index >= 15 is 0 Å². The molecular formula is C13H15FN2O5. The number of rotatable bonds is 4. The van der Waals surface area contributed by atoms with Crippen molar-refractivity contribution in [3.63, 3.8) is 0 Å². The van der Waals surface area contributed by atoms with E-state index in [9.17, 15) is 19.3 Å². The fourth-order valence-corrected chi connectivity index (χ4v) is 2.49.